The number of rotatable bonds is 5. The molecule has 0 bridgehead atoms. The molecule has 2 unspecified atom stereocenters. The van der Waals surface area contributed by atoms with E-state index in [1.807, 2.05) is 0 Å². The van der Waals surface area contributed by atoms with Gasteiger partial charge >= 0.3 is 12.4 Å². The Balaban J connectivity index is 1.43. The minimum absolute atomic E-state index is 0.0382. The lowest BCUT2D eigenvalue weighted by Crippen LogP contribution is -2.52. The molecule has 0 saturated carbocycles. The molecule has 4 aromatic rings. The maximum atomic E-state index is 13.6. The van der Waals surface area contributed by atoms with Crippen LogP contribution in [0.1, 0.15) is 50.4 Å². The molecule has 1 N–H and O–H groups in total. The van der Waals surface area contributed by atoms with Crippen LogP contribution < -0.4 is 10.7 Å². The number of fused-ring (bicyclic) bond motifs is 1. The first-order valence-electron chi connectivity index (χ1n) is 13.5. The lowest BCUT2D eigenvalue weighted by molar-refractivity contribution is -0.143. The van der Waals surface area contributed by atoms with E-state index in [0.717, 1.165) is 6.07 Å². The average molecular weight is 671 g/mol. The highest BCUT2D eigenvalue weighted by Gasteiger charge is 2.39. The van der Waals surface area contributed by atoms with E-state index in [9.17, 15) is 40.7 Å². The van der Waals surface area contributed by atoms with Crippen LogP contribution in [0.15, 0.2) is 75.9 Å². The van der Waals surface area contributed by atoms with Crippen molar-refractivity contribution in [2.24, 2.45) is 0 Å². The van der Waals surface area contributed by atoms with E-state index in [0.29, 0.717) is 27.7 Å². The molecule has 2 amide bonds. The Labute approximate surface area is 261 Å². The first-order valence-corrected chi connectivity index (χ1v) is 14.2. The summed E-state index contributed by atoms with van der Waals surface area (Å²) in [7, 11) is 0. The van der Waals surface area contributed by atoms with Gasteiger partial charge in [0.05, 0.1) is 16.5 Å². The lowest BCUT2D eigenvalue weighted by atomic mass is 9.91. The summed E-state index contributed by atoms with van der Waals surface area (Å²) in [5, 5.41) is 3.68. The van der Waals surface area contributed by atoms with Crippen molar-refractivity contribution in [1.29, 1.82) is 0 Å². The van der Waals surface area contributed by atoms with Gasteiger partial charge in [-0.25, -0.2) is 0 Å². The van der Waals surface area contributed by atoms with Crippen molar-refractivity contribution in [2.45, 2.75) is 43.7 Å². The number of halogens is 8. The van der Waals surface area contributed by atoms with Crippen LogP contribution in [0.3, 0.4) is 0 Å². The van der Waals surface area contributed by atoms with Gasteiger partial charge in [-0.1, -0.05) is 35.3 Å². The third-order valence-electron chi connectivity index (χ3n) is 7.44. The number of benzene rings is 3. The molecular formula is C31H22Cl2F6N2O4. The third kappa shape index (κ3) is 7.45. The predicted molar refractivity (Wildman–Crippen MR) is 154 cm³/mol. The Hall–Kier alpha value is -4.03. The Bertz CT molecular complexity index is 1790. The number of nitrogens with zero attached hydrogens (tertiary/aromatic N) is 1. The van der Waals surface area contributed by atoms with Gasteiger partial charge in [0.2, 0.25) is 0 Å². The molecule has 0 radical (unpaired) electrons. The molecule has 2 atom stereocenters. The Kier molecular flexibility index (Phi) is 8.92. The summed E-state index contributed by atoms with van der Waals surface area (Å²) >= 11 is 11.9. The topological polar surface area (TPSA) is 79.6 Å². The molecule has 236 valence electrons. The highest BCUT2D eigenvalue weighted by Crippen LogP contribution is 2.37. The molecule has 5 rings (SSSR count). The number of likely N-dealkylation sites (tertiary alicyclic amines) is 1. The van der Waals surface area contributed by atoms with Gasteiger partial charge in [0, 0.05) is 40.3 Å². The summed E-state index contributed by atoms with van der Waals surface area (Å²) in [5.41, 5.74) is -3.64. The van der Waals surface area contributed by atoms with Gasteiger partial charge in [-0.05, 0) is 73.4 Å². The van der Waals surface area contributed by atoms with Crippen LogP contribution in [0, 0.1) is 0 Å². The van der Waals surface area contributed by atoms with Gasteiger partial charge in [-0.2, -0.15) is 26.3 Å². The molecule has 0 spiro atoms. The standard InChI is InChI=1S/C31H22Cl2F6N2O4/c32-20-3-1-16(2-4-20)9-23-14-22(40-28(43)27-15-25(42)24-13-21(33)5-6-26(24)45-27)7-8-41(23)29(44)17-10-18(30(34,35)36)12-19(11-17)31(37,38)39/h1-6,10-13,15,22-23H,7-9,14H2,(H,40,43). The van der Waals surface area contributed by atoms with Crippen LogP contribution in [0.2, 0.25) is 10.0 Å². The fourth-order valence-electron chi connectivity index (χ4n) is 5.28. The first kappa shape index (κ1) is 32.4. The second-order valence-corrected chi connectivity index (χ2v) is 11.5. The van der Waals surface area contributed by atoms with E-state index in [1.165, 1.54) is 23.1 Å². The molecule has 1 aromatic heterocycles. The van der Waals surface area contributed by atoms with E-state index in [-0.39, 0.29) is 48.6 Å². The van der Waals surface area contributed by atoms with Crippen LogP contribution in [-0.4, -0.2) is 35.3 Å². The van der Waals surface area contributed by atoms with Crippen LogP contribution >= 0.6 is 23.2 Å². The smallest absolute Gasteiger partial charge is 0.416 e. The van der Waals surface area contributed by atoms with Crippen molar-refractivity contribution >= 4 is 46.0 Å². The number of alkyl halides is 6. The quantitative estimate of drug-likeness (QED) is 0.220. The summed E-state index contributed by atoms with van der Waals surface area (Å²) < 4.78 is 86.6. The zero-order chi connectivity index (χ0) is 32.7. The molecular weight excluding hydrogens is 649 g/mol. The Morgan fingerprint density at radius 3 is 2.11 bits per heavy atom. The SMILES string of the molecule is O=C(NC1CCN(C(=O)c2cc(C(F)(F)F)cc(C(F)(F)F)c2)C(Cc2ccc(Cl)cc2)C1)c1cc(=O)c2cc(Cl)ccc2o1. The number of hydrogen-bond acceptors (Lipinski definition) is 4. The molecule has 6 nitrogen and oxygen atoms in total. The van der Waals surface area contributed by atoms with Gasteiger partial charge in [-0.15, -0.1) is 0 Å². The zero-order valence-corrected chi connectivity index (χ0v) is 24.4. The fourth-order valence-corrected chi connectivity index (χ4v) is 5.57. The maximum Gasteiger partial charge on any atom is 0.416 e. The molecule has 1 saturated heterocycles. The monoisotopic (exact) mass is 670 g/mol. The predicted octanol–water partition coefficient (Wildman–Crippen LogP) is 7.78. The highest BCUT2D eigenvalue weighted by molar-refractivity contribution is 6.31. The number of carbonyl (C=O) groups is 2. The molecule has 1 aliphatic heterocycles. The molecule has 14 heteroatoms. The number of piperidine rings is 1. The summed E-state index contributed by atoms with van der Waals surface area (Å²) in [5.74, 6) is -2.01. The minimum atomic E-state index is -5.12. The van der Waals surface area contributed by atoms with Crippen molar-refractivity contribution in [3.63, 3.8) is 0 Å². The van der Waals surface area contributed by atoms with Crippen molar-refractivity contribution in [1.82, 2.24) is 10.2 Å². The first-order chi connectivity index (χ1) is 21.1. The summed E-state index contributed by atoms with van der Waals surface area (Å²) in [4.78, 5) is 40.4. The average Bonchev–Trinajstić information content (AvgIpc) is 2.97. The molecule has 3 aromatic carbocycles. The summed E-state index contributed by atoms with van der Waals surface area (Å²) in [6.45, 7) is -0.0974. The van der Waals surface area contributed by atoms with Crippen LogP contribution in [-0.2, 0) is 18.8 Å². The fraction of sp³-hybridized carbons (Fsp3) is 0.258. The highest BCUT2D eigenvalue weighted by atomic mass is 35.5. The minimum Gasteiger partial charge on any atom is -0.451 e. The summed E-state index contributed by atoms with van der Waals surface area (Å²) in [6.07, 6.45) is -9.88. The van der Waals surface area contributed by atoms with E-state index in [4.69, 9.17) is 27.6 Å². The maximum absolute atomic E-state index is 13.6. The number of hydrogen-bond donors (Lipinski definition) is 1. The van der Waals surface area contributed by atoms with E-state index in [2.05, 4.69) is 5.32 Å². The lowest BCUT2D eigenvalue weighted by Gasteiger charge is -2.40. The Morgan fingerprint density at radius 2 is 1.49 bits per heavy atom. The van der Waals surface area contributed by atoms with Crippen LogP contribution in [0.25, 0.3) is 11.0 Å². The van der Waals surface area contributed by atoms with Gasteiger partial charge in [0.1, 0.15) is 5.58 Å². The molecule has 0 aliphatic carbocycles. The molecule has 2 heterocycles. The second-order valence-electron chi connectivity index (χ2n) is 10.6. The molecule has 1 fully saturated rings. The number of carbonyl (C=O) groups excluding carboxylic acids is 2. The largest absolute Gasteiger partial charge is 0.451 e. The van der Waals surface area contributed by atoms with E-state index >= 15 is 0 Å². The van der Waals surface area contributed by atoms with Gasteiger partial charge in [-0.3, -0.25) is 14.4 Å². The van der Waals surface area contributed by atoms with Crippen molar-refractivity contribution in [3.05, 3.63) is 115 Å². The molecule has 1 aliphatic rings. The van der Waals surface area contributed by atoms with Gasteiger partial charge in [0.15, 0.2) is 11.2 Å². The number of amides is 2. The zero-order valence-electron chi connectivity index (χ0n) is 22.9. The van der Waals surface area contributed by atoms with Gasteiger partial charge in [0.25, 0.3) is 11.8 Å². The molecule has 45 heavy (non-hydrogen) atoms. The van der Waals surface area contributed by atoms with Gasteiger partial charge < -0.3 is 14.6 Å². The van der Waals surface area contributed by atoms with Crippen molar-refractivity contribution in [2.75, 3.05) is 6.54 Å². The van der Waals surface area contributed by atoms with Crippen LogP contribution in [0.4, 0.5) is 26.3 Å². The van der Waals surface area contributed by atoms with Crippen molar-refractivity contribution < 1.29 is 40.3 Å². The third-order valence-corrected chi connectivity index (χ3v) is 7.93. The van der Waals surface area contributed by atoms with E-state index < -0.39 is 58.4 Å². The Morgan fingerprint density at radius 1 is 0.867 bits per heavy atom. The van der Waals surface area contributed by atoms with Crippen LogP contribution in [0.5, 0.6) is 0 Å². The van der Waals surface area contributed by atoms with E-state index in [1.54, 1.807) is 24.3 Å². The number of nitrogens with one attached hydrogen (secondary N) is 1. The van der Waals surface area contributed by atoms with Crippen molar-refractivity contribution in [3.8, 4) is 0 Å². The summed E-state index contributed by atoms with van der Waals surface area (Å²) in [6, 6.07) is 11.3. The second kappa shape index (κ2) is 12.4. The normalized spacial score (nSPS) is 17.4.